The molecule has 2 aliphatic heterocycles. The van der Waals surface area contributed by atoms with Gasteiger partial charge in [-0.25, -0.2) is 4.99 Å². The van der Waals surface area contributed by atoms with Gasteiger partial charge in [0.1, 0.15) is 30.3 Å². The summed E-state index contributed by atoms with van der Waals surface area (Å²) in [4.78, 5) is 8.89. The first-order valence-electron chi connectivity index (χ1n) is 11.6. The average molecular weight is 472 g/mol. The van der Waals surface area contributed by atoms with Gasteiger partial charge in [0.25, 0.3) is 6.02 Å². The Kier molecular flexibility index (Phi) is 6.49. The monoisotopic (exact) mass is 471 g/mol. The van der Waals surface area contributed by atoms with Gasteiger partial charge >= 0.3 is 0 Å². The number of fused-ring (bicyclic) bond motifs is 1. The van der Waals surface area contributed by atoms with Gasteiger partial charge in [-0.2, -0.15) is 0 Å². The van der Waals surface area contributed by atoms with Gasteiger partial charge in [0.15, 0.2) is 0 Å². The van der Waals surface area contributed by atoms with Gasteiger partial charge in [0, 0.05) is 49.0 Å². The van der Waals surface area contributed by atoms with Crippen molar-refractivity contribution in [2.24, 2.45) is 4.99 Å². The van der Waals surface area contributed by atoms with Crippen molar-refractivity contribution in [3.05, 3.63) is 77.6 Å². The van der Waals surface area contributed by atoms with Crippen molar-refractivity contribution in [1.82, 2.24) is 10.3 Å². The standard InChI is InChI=1S/C26H29N7O2/c1-16-11-17(7-9-23(16)34-15-19-5-3-4-10-30-19)31-25(27)20-12-18(6-8-21(20)28-2)32-26-33-22-13-29-14-24(22)35-26/h3-12,22,24,28-29H,13-15H2,1-2H3,(H2,27,31)(H,32,33). The molecule has 0 amide bonds. The minimum Gasteiger partial charge on any atom is -0.487 e. The lowest BCUT2D eigenvalue weighted by molar-refractivity contribution is 0.224. The molecule has 5 rings (SSSR count). The van der Waals surface area contributed by atoms with E-state index in [4.69, 9.17) is 14.9 Å². The molecule has 2 unspecified atom stereocenters. The van der Waals surface area contributed by atoms with Gasteiger partial charge in [-0.15, -0.1) is 0 Å². The fraction of sp³-hybridized carbons (Fsp3) is 0.269. The molecule has 2 aromatic carbocycles. The SMILES string of the molecule is CNc1ccc(NC2=NC3CNCC3O2)cc1C(=N)Nc1ccc(OCc2ccccn2)c(C)c1. The van der Waals surface area contributed by atoms with Crippen LogP contribution in [0.2, 0.25) is 0 Å². The summed E-state index contributed by atoms with van der Waals surface area (Å²) in [6.45, 7) is 4.03. The third-order valence-corrected chi connectivity index (χ3v) is 6.03. The largest absolute Gasteiger partial charge is 0.487 e. The maximum absolute atomic E-state index is 8.72. The Morgan fingerprint density at radius 1 is 1.14 bits per heavy atom. The Labute approximate surface area is 204 Å². The fourth-order valence-corrected chi connectivity index (χ4v) is 4.18. The number of hydrogen-bond acceptors (Lipinski definition) is 8. The van der Waals surface area contributed by atoms with E-state index in [2.05, 4.69) is 31.2 Å². The van der Waals surface area contributed by atoms with E-state index >= 15 is 0 Å². The second kappa shape index (κ2) is 10.0. The summed E-state index contributed by atoms with van der Waals surface area (Å²) in [7, 11) is 1.84. The maximum Gasteiger partial charge on any atom is 0.290 e. The molecule has 2 atom stereocenters. The lowest BCUT2D eigenvalue weighted by Crippen LogP contribution is -2.23. The van der Waals surface area contributed by atoms with Crippen molar-refractivity contribution >= 4 is 28.9 Å². The molecule has 0 aliphatic carbocycles. The quantitative estimate of drug-likeness (QED) is 0.264. The van der Waals surface area contributed by atoms with E-state index in [1.54, 1.807) is 6.20 Å². The molecule has 0 bridgehead atoms. The fourth-order valence-electron chi connectivity index (χ4n) is 4.18. The van der Waals surface area contributed by atoms with Crippen molar-refractivity contribution in [3.63, 3.8) is 0 Å². The Balaban J connectivity index is 1.26. The molecule has 5 N–H and O–H groups in total. The van der Waals surface area contributed by atoms with Crippen LogP contribution in [0.5, 0.6) is 5.75 Å². The molecule has 3 aromatic rings. The number of aryl methyl sites for hydroxylation is 1. The molecular weight excluding hydrogens is 442 g/mol. The van der Waals surface area contributed by atoms with Crippen LogP contribution in [0, 0.1) is 12.3 Å². The number of pyridine rings is 1. The Hall–Kier alpha value is -4.11. The number of nitrogens with one attached hydrogen (secondary N) is 5. The number of aliphatic imine (C=N–C) groups is 1. The van der Waals surface area contributed by atoms with E-state index in [1.165, 1.54) is 0 Å². The first-order chi connectivity index (χ1) is 17.1. The van der Waals surface area contributed by atoms with Gasteiger partial charge < -0.3 is 30.7 Å². The number of benzene rings is 2. The lowest BCUT2D eigenvalue weighted by atomic mass is 10.1. The zero-order valence-corrected chi connectivity index (χ0v) is 19.8. The Bertz CT molecular complexity index is 1250. The predicted octanol–water partition coefficient (Wildman–Crippen LogP) is 3.59. The van der Waals surface area contributed by atoms with Gasteiger partial charge in [-0.3, -0.25) is 10.4 Å². The number of anilines is 3. The molecule has 35 heavy (non-hydrogen) atoms. The number of aromatic nitrogens is 1. The molecule has 180 valence electrons. The van der Waals surface area contributed by atoms with Crippen LogP contribution < -0.4 is 26.0 Å². The van der Waals surface area contributed by atoms with Crippen LogP contribution >= 0.6 is 0 Å². The summed E-state index contributed by atoms with van der Waals surface area (Å²) in [5, 5.41) is 21.6. The molecule has 0 spiro atoms. The second-order valence-electron chi connectivity index (χ2n) is 8.54. The molecule has 1 fully saturated rings. The normalized spacial score (nSPS) is 18.3. The van der Waals surface area contributed by atoms with E-state index in [0.29, 0.717) is 12.6 Å². The van der Waals surface area contributed by atoms with Crippen molar-refractivity contribution < 1.29 is 9.47 Å². The minimum atomic E-state index is 0.0904. The summed E-state index contributed by atoms with van der Waals surface area (Å²) in [5.74, 6) is 1.06. The average Bonchev–Trinajstić information content (AvgIpc) is 3.46. The second-order valence-corrected chi connectivity index (χ2v) is 8.54. The third kappa shape index (κ3) is 5.20. The van der Waals surface area contributed by atoms with E-state index in [0.717, 1.165) is 52.7 Å². The topological polar surface area (TPSA) is 116 Å². The van der Waals surface area contributed by atoms with Crippen LogP contribution in [0.3, 0.4) is 0 Å². The maximum atomic E-state index is 8.72. The number of amidine groups is 2. The van der Waals surface area contributed by atoms with E-state index in [9.17, 15) is 0 Å². The van der Waals surface area contributed by atoms with Crippen molar-refractivity contribution in [2.45, 2.75) is 25.7 Å². The minimum absolute atomic E-state index is 0.0904. The van der Waals surface area contributed by atoms with Gasteiger partial charge in [-0.1, -0.05) is 6.07 Å². The molecule has 9 heteroatoms. The highest BCUT2D eigenvalue weighted by molar-refractivity contribution is 6.10. The number of rotatable bonds is 7. The van der Waals surface area contributed by atoms with E-state index in [1.807, 2.05) is 68.6 Å². The number of ether oxygens (including phenoxy) is 2. The van der Waals surface area contributed by atoms with Crippen LogP contribution in [0.15, 0.2) is 65.8 Å². The molecule has 2 aliphatic rings. The number of hydrogen-bond donors (Lipinski definition) is 5. The summed E-state index contributed by atoms with van der Waals surface area (Å²) < 4.78 is 11.8. The summed E-state index contributed by atoms with van der Waals surface area (Å²) in [6, 6.07) is 18.0. The van der Waals surface area contributed by atoms with Crippen LogP contribution in [-0.4, -0.2) is 49.1 Å². The molecular formula is C26H29N7O2. The van der Waals surface area contributed by atoms with Gasteiger partial charge in [0.05, 0.1) is 5.69 Å². The first kappa shape index (κ1) is 22.7. The van der Waals surface area contributed by atoms with Crippen LogP contribution in [0.1, 0.15) is 16.8 Å². The zero-order valence-electron chi connectivity index (χ0n) is 19.8. The highest BCUT2D eigenvalue weighted by Crippen LogP contribution is 2.26. The summed E-state index contributed by atoms with van der Waals surface area (Å²) >= 11 is 0. The van der Waals surface area contributed by atoms with Crippen LogP contribution in [0.25, 0.3) is 0 Å². The highest BCUT2D eigenvalue weighted by atomic mass is 16.5. The summed E-state index contributed by atoms with van der Waals surface area (Å²) in [6.07, 6.45) is 1.85. The molecule has 3 heterocycles. The molecule has 1 saturated heterocycles. The van der Waals surface area contributed by atoms with E-state index in [-0.39, 0.29) is 18.0 Å². The molecule has 0 saturated carbocycles. The third-order valence-electron chi connectivity index (χ3n) is 6.03. The molecule has 9 nitrogen and oxygen atoms in total. The predicted molar refractivity (Wildman–Crippen MR) is 139 cm³/mol. The van der Waals surface area contributed by atoms with Crippen LogP contribution in [-0.2, 0) is 11.3 Å². The highest BCUT2D eigenvalue weighted by Gasteiger charge is 2.35. The smallest absolute Gasteiger partial charge is 0.290 e. The Morgan fingerprint density at radius 2 is 2.03 bits per heavy atom. The summed E-state index contributed by atoms with van der Waals surface area (Å²) in [5.41, 5.74) is 5.03. The van der Waals surface area contributed by atoms with Crippen LogP contribution in [0.4, 0.5) is 17.1 Å². The van der Waals surface area contributed by atoms with E-state index < -0.39 is 0 Å². The van der Waals surface area contributed by atoms with Crippen molar-refractivity contribution in [3.8, 4) is 5.75 Å². The Morgan fingerprint density at radius 3 is 2.80 bits per heavy atom. The van der Waals surface area contributed by atoms with Gasteiger partial charge in [-0.05, 0) is 61.0 Å². The van der Waals surface area contributed by atoms with Crippen molar-refractivity contribution in [2.75, 3.05) is 36.1 Å². The van der Waals surface area contributed by atoms with Gasteiger partial charge in [0.2, 0.25) is 0 Å². The number of nitrogens with zero attached hydrogens (tertiary/aromatic N) is 2. The lowest BCUT2D eigenvalue weighted by Gasteiger charge is -2.16. The van der Waals surface area contributed by atoms with Crippen molar-refractivity contribution in [1.29, 1.82) is 5.41 Å². The molecule has 0 radical (unpaired) electrons. The molecule has 1 aromatic heterocycles. The first-order valence-corrected chi connectivity index (χ1v) is 11.6. The zero-order chi connectivity index (χ0) is 24.2.